The van der Waals surface area contributed by atoms with Gasteiger partial charge in [0.15, 0.2) is 6.61 Å². The van der Waals surface area contributed by atoms with Gasteiger partial charge in [-0.25, -0.2) is 0 Å². The molecule has 0 fully saturated rings. The fourth-order valence-electron chi connectivity index (χ4n) is 1.98. The van der Waals surface area contributed by atoms with Gasteiger partial charge >= 0.3 is 0 Å². The molecule has 0 heterocycles. The zero-order chi connectivity index (χ0) is 16.8. The summed E-state index contributed by atoms with van der Waals surface area (Å²) in [5.41, 5.74) is 1.80. The highest BCUT2D eigenvalue weighted by Crippen LogP contribution is 2.25. The molecule has 1 N–H and O–H groups in total. The summed E-state index contributed by atoms with van der Waals surface area (Å²) in [6.07, 6.45) is 0.0863. The smallest absolute Gasteiger partial charge is 0.262 e. The number of carbonyl (C=O) groups excluding carboxylic acids is 1. The van der Waals surface area contributed by atoms with Crippen LogP contribution in [0.3, 0.4) is 0 Å². The number of halogens is 1. The van der Waals surface area contributed by atoms with Crippen molar-refractivity contribution in [2.75, 3.05) is 11.9 Å². The predicted octanol–water partition coefficient (Wildman–Crippen LogP) is 4.56. The first-order chi connectivity index (χ1) is 10.9. The molecule has 2 aromatic rings. The summed E-state index contributed by atoms with van der Waals surface area (Å²) in [5, 5.41) is 2.80. The summed E-state index contributed by atoms with van der Waals surface area (Å²) < 4.78 is 12.0. The van der Waals surface area contributed by atoms with E-state index in [1.165, 1.54) is 0 Å². The normalized spacial score (nSPS) is 10.5. The first-order valence-electron chi connectivity index (χ1n) is 7.39. The third-order valence-electron chi connectivity index (χ3n) is 2.94. The monoisotopic (exact) mass is 377 g/mol. The SMILES string of the molecule is Cc1ccc(OCC(=O)Nc2cccc(OC(C)C)c2)c(Br)c1. The summed E-state index contributed by atoms with van der Waals surface area (Å²) >= 11 is 3.42. The molecule has 23 heavy (non-hydrogen) atoms. The molecule has 2 rings (SSSR count). The lowest BCUT2D eigenvalue weighted by Crippen LogP contribution is -2.20. The number of rotatable bonds is 6. The second-order valence-corrected chi connectivity index (χ2v) is 6.32. The molecule has 0 aliphatic heterocycles. The molecule has 0 saturated carbocycles. The summed E-state index contributed by atoms with van der Waals surface area (Å²) in [7, 11) is 0. The third kappa shape index (κ3) is 5.60. The number of ether oxygens (including phenoxy) is 2. The zero-order valence-electron chi connectivity index (χ0n) is 13.4. The number of anilines is 1. The molecule has 0 saturated heterocycles. The molecule has 122 valence electrons. The van der Waals surface area contributed by atoms with Crippen molar-refractivity contribution in [3.63, 3.8) is 0 Å². The van der Waals surface area contributed by atoms with E-state index >= 15 is 0 Å². The van der Waals surface area contributed by atoms with Crippen molar-refractivity contribution in [3.05, 3.63) is 52.5 Å². The molecule has 0 radical (unpaired) electrons. The van der Waals surface area contributed by atoms with E-state index < -0.39 is 0 Å². The summed E-state index contributed by atoms with van der Waals surface area (Å²) in [5.74, 6) is 1.14. The average Bonchev–Trinajstić information content (AvgIpc) is 2.46. The highest BCUT2D eigenvalue weighted by Gasteiger charge is 2.07. The maximum atomic E-state index is 12.0. The van der Waals surface area contributed by atoms with Gasteiger partial charge in [-0.2, -0.15) is 0 Å². The molecule has 0 unspecified atom stereocenters. The number of aryl methyl sites for hydroxylation is 1. The average molecular weight is 378 g/mol. The standard InChI is InChI=1S/C18H20BrNO3/c1-12(2)23-15-6-4-5-14(10-15)20-18(21)11-22-17-8-7-13(3)9-16(17)19/h4-10,12H,11H2,1-3H3,(H,20,21). The van der Waals surface area contributed by atoms with Gasteiger partial charge in [-0.1, -0.05) is 12.1 Å². The van der Waals surface area contributed by atoms with Crippen LogP contribution in [0.2, 0.25) is 0 Å². The maximum Gasteiger partial charge on any atom is 0.262 e. The van der Waals surface area contributed by atoms with E-state index in [9.17, 15) is 4.79 Å². The number of hydrogen-bond donors (Lipinski definition) is 1. The van der Waals surface area contributed by atoms with Crippen molar-refractivity contribution in [2.45, 2.75) is 26.9 Å². The number of carbonyl (C=O) groups is 1. The molecular weight excluding hydrogens is 358 g/mol. The Morgan fingerprint density at radius 1 is 1.22 bits per heavy atom. The lowest BCUT2D eigenvalue weighted by atomic mass is 10.2. The van der Waals surface area contributed by atoms with Gasteiger partial charge in [0.1, 0.15) is 11.5 Å². The fourth-order valence-corrected chi connectivity index (χ4v) is 2.59. The van der Waals surface area contributed by atoms with Crippen LogP contribution in [0.1, 0.15) is 19.4 Å². The number of hydrogen-bond acceptors (Lipinski definition) is 3. The Kier molecular flexibility index (Phi) is 6.04. The van der Waals surface area contributed by atoms with Gasteiger partial charge in [0.2, 0.25) is 0 Å². The van der Waals surface area contributed by atoms with Crippen LogP contribution in [0.5, 0.6) is 11.5 Å². The number of nitrogens with one attached hydrogen (secondary N) is 1. The Morgan fingerprint density at radius 2 is 2.00 bits per heavy atom. The zero-order valence-corrected chi connectivity index (χ0v) is 15.0. The van der Waals surface area contributed by atoms with Crippen LogP contribution in [0, 0.1) is 6.92 Å². The summed E-state index contributed by atoms with van der Waals surface area (Å²) in [6, 6.07) is 13.0. The van der Waals surface area contributed by atoms with Crippen LogP contribution in [-0.4, -0.2) is 18.6 Å². The Bertz CT molecular complexity index is 686. The van der Waals surface area contributed by atoms with Gasteiger partial charge in [0.05, 0.1) is 10.6 Å². The molecule has 0 aromatic heterocycles. The van der Waals surface area contributed by atoms with Crippen molar-refractivity contribution >= 4 is 27.5 Å². The molecule has 4 nitrogen and oxygen atoms in total. The van der Waals surface area contributed by atoms with E-state index in [1.807, 2.05) is 57.2 Å². The van der Waals surface area contributed by atoms with Gasteiger partial charge in [0.25, 0.3) is 5.91 Å². The largest absolute Gasteiger partial charge is 0.491 e. The second-order valence-electron chi connectivity index (χ2n) is 5.47. The van der Waals surface area contributed by atoms with Gasteiger partial charge < -0.3 is 14.8 Å². The highest BCUT2D eigenvalue weighted by atomic mass is 79.9. The molecule has 0 spiro atoms. The minimum Gasteiger partial charge on any atom is -0.491 e. The first-order valence-corrected chi connectivity index (χ1v) is 8.19. The topological polar surface area (TPSA) is 47.6 Å². The molecule has 2 aromatic carbocycles. The minimum atomic E-state index is -0.223. The Labute approximate surface area is 144 Å². The van der Waals surface area contributed by atoms with Crippen LogP contribution in [-0.2, 0) is 4.79 Å². The maximum absolute atomic E-state index is 12.0. The van der Waals surface area contributed by atoms with Gasteiger partial charge in [-0.15, -0.1) is 0 Å². The van der Waals surface area contributed by atoms with Crippen molar-refractivity contribution in [1.82, 2.24) is 0 Å². The van der Waals surface area contributed by atoms with Gasteiger partial charge in [-0.3, -0.25) is 4.79 Å². The molecule has 0 aliphatic rings. The lowest BCUT2D eigenvalue weighted by molar-refractivity contribution is -0.118. The van der Waals surface area contributed by atoms with E-state index in [2.05, 4.69) is 21.2 Å². The molecular formula is C18H20BrNO3. The lowest BCUT2D eigenvalue weighted by Gasteiger charge is -2.12. The number of amides is 1. The Balaban J connectivity index is 1.92. The van der Waals surface area contributed by atoms with Crippen LogP contribution in [0.15, 0.2) is 46.9 Å². The molecule has 0 bridgehead atoms. The molecule has 5 heteroatoms. The summed E-state index contributed by atoms with van der Waals surface area (Å²) in [6.45, 7) is 5.85. The molecule has 0 aliphatic carbocycles. The van der Waals surface area contributed by atoms with E-state index in [4.69, 9.17) is 9.47 Å². The van der Waals surface area contributed by atoms with Crippen LogP contribution >= 0.6 is 15.9 Å². The van der Waals surface area contributed by atoms with Gasteiger partial charge in [0, 0.05) is 11.8 Å². The van der Waals surface area contributed by atoms with Crippen molar-refractivity contribution in [2.24, 2.45) is 0 Å². The predicted molar refractivity (Wildman–Crippen MR) is 95.2 cm³/mol. The molecule has 0 atom stereocenters. The Morgan fingerprint density at radius 3 is 2.70 bits per heavy atom. The van der Waals surface area contributed by atoms with Gasteiger partial charge in [-0.05, 0) is 66.5 Å². The summed E-state index contributed by atoms with van der Waals surface area (Å²) in [4.78, 5) is 12.0. The number of benzene rings is 2. The molecule has 1 amide bonds. The van der Waals surface area contributed by atoms with E-state index in [1.54, 1.807) is 6.07 Å². The van der Waals surface area contributed by atoms with Crippen molar-refractivity contribution in [1.29, 1.82) is 0 Å². The van der Waals surface area contributed by atoms with Crippen molar-refractivity contribution in [3.8, 4) is 11.5 Å². The van der Waals surface area contributed by atoms with Crippen LogP contribution in [0.25, 0.3) is 0 Å². The second kappa shape index (κ2) is 8.02. The van der Waals surface area contributed by atoms with Crippen molar-refractivity contribution < 1.29 is 14.3 Å². The van der Waals surface area contributed by atoms with Crippen LogP contribution < -0.4 is 14.8 Å². The first kappa shape index (κ1) is 17.3. The van der Waals surface area contributed by atoms with E-state index in [-0.39, 0.29) is 18.6 Å². The van der Waals surface area contributed by atoms with E-state index in [0.717, 1.165) is 15.8 Å². The fraction of sp³-hybridized carbons (Fsp3) is 0.278. The van der Waals surface area contributed by atoms with Crippen LogP contribution in [0.4, 0.5) is 5.69 Å². The van der Waals surface area contributed by atoms with E-state index in [0.29, 0.717) is 11.4 Å². The highest BCUT2D eigenvalue weighted by molar-refractivity contribution is 9.10. The minimum absolute atomic E-state index is 0.0586. The Hall–Kier alpha value is -2.01. The quantitative estimate of drug-likeness (QED) is 0.802. The third-order valence-corrected chi connectivity index (χ3v) is 3.56.